The highest BCUT2D eigenvalue weighted by Gasteiger charge is 2.13. The predicted molar refractivity (Wildman–Crippen MR) is 58.1 cm³/mol. The highest BCUT2D eigenvalue weighted by atomic mass is 35.5. The lowest BCUT2D eigenvalue weighted by molar-refractivity contribution is 0.631. The third-order valence-corrected chi connectivity index (χ3v) is 2.41. The summed E-state index contributed by atoms with van der Waals surface area (Å²) in [5.41, 5.74) is 7.38. The Balaban J connectivity index is 2.68. The van der Waals surface area contributed by atoms with Crippen molar-refractivity contribution in [2.24, 2.45) is 0 Å². The van der Waals surface area contributed by atoms with Crippen molar-refractivity contribution in [3.05, 3.63) is 34.7 Å². The van der Waals surface area contributed by atoms with Crippen LogP contribution < -0.4 is 5.73 Å². The summed E-state index contributed by atoms with van der Waals surface area (Å²) in [6, 6.07) is 3.25. The van der Waals surface area contributed by atoms with E-state index in [2.05, 4.69) is 10.2 Å². The first-order valence-electron chi connectivity index (χ1n) is 4.34. The first-order chi connectivity index (χ1) is 7.09. The molecule has 1 aromatic carbocycles. The van der Waals surface area contributed by atoms with Crippen molar-refractivity contribution in [2.75, 3.05) is 5.73 Å². The second-order valence-electron chi connectivity index (χ2n) is 3.31. The van der Waals surface area contributed by atoms with E-state index in [-0.39, 0.29) is 5.02 Å². The topological polar surface area (TPSA) is 54.7 Å². The molecule has 0 saturated carbocycles. The van der Waals surface area contributed by atoms with Crippen molar-refractivity contribution in [1.29, 1.82) is 0 Å². The Morgan fingerprint density at radius 2 is 2.13 bits per heavy atom. The molecule has 0 aliphatic rings. The number of aromatic nitrogens is 2. The normalized spacial score (nSPS) is 10.6. The molecule has 0 unspecified atom stereocenters. The number of benzene rings is 1. The van der Waals surface area contributed by atoms with Gasteiger partial charge in [-0.2, -0.15) is 5.10 Å². The quantitative estimate of drug-likeness (QED) is 0.784. The maximum atomic E-state index is 13.7. The number of rotatable bonds is 1. The van der Waals surface area contributed by atoms with E-state index in [1.807, 2.05) is 6.92 Å². The van der Waals surface area contributed by atoms with E-state index in [4.69, 9.17) is 17.3 Å². The fourth-order valence-electron chi connectivity index (χ4n) is 1.43. The molecule has 1 heterocycles. The molecule has 78 valence electrons. The van der Waals surface area contributed by atoms with Crippen LogP contribution in [0.3, 0.4) is 0 Å². The minimum Gasteiger partial charge on any atom is -0.384 e. The van der Waals surface area contributed by atoms with Gasteiger partial charge in [0.15, 0.2) is 0 Å². The van der Waals surface area contributed by atoms with Gasteiger partial charge in [-0.1, -0.05) is 11.6 Å². The molecule has 15 heavy (non-hydrogen) atoms. The third kappa shape index (κ3) is 1.68. The lowest BCUT2D eigenvalue weighted by Gasteiger charge is -2.05. The van der Waals surface area contributed by atoms with Crippen molar-refractivity contribution < 1.29 is 4.39 Å². The zero-order valence-electron chi connectivity index (χ0n) is 8.01. The van der Waals surface area contributed by atoms with Gasteiger partial charge in [0, 0.05) is 11.1 Å². The van der Waals surface area contributed by atoms with Crippen LogP contribution in [0, 0.1) is 12.7 Å². The van der Waals surface area contributed by atoms with Gasteiger partial charge in [0.05, 0.1) is 11.2 Å². The van der Waals surface area contributed by atoms with Crippen molar-refractivity contribution in [3.8, 4) is 11.1 Å². The summed E-state index contributed by atoms with van der Waals surface area (Å²) < 4.78 is 13.7. The molecule has 2 aromatic rings. The van der Waals surface area contributed by atoms with E-state index in [0.717, 1.165) is 5.56 Å². The molecule has 2 rings (SSSR count). The van der Waals surface area contributed by atoms with E-state index < -0.39 is 5.82 Å². The maximum Gasteiger partial charge on any atom is 0.149 e. The van der Waals surface area contributed by atoms with Crippen LogP contribution in [0.4, 0.5) is 10.2 Å². The number of H-pyrrole nitrogens is 1. The first-order valence-corrected chi connectivity index (χ1v) is 4.72. The molecular formula is C10H9ClFN3. The van der Waals surface area contributed by atoms with Crippen molar-refractivity contribution in [1.82, 2.24) is 10.2 Å². The fraction of sp³-hybridized carbons (Fsp3) is 0.100. The Labute approximate surface area is 91.1 Å². The molecule has 0 amide bonds. The zero-order chi connectivity index (χ0) is 11.0. The summed E-state index contributed by atoms with van der Waals surface area (Å²) in [4.78, 5) is 0. The first kappa shape index (κ1) is 9.98. The highest BCUT2D eigenvalue weighted by molar-refractivity contribution is 6.31. The molecule has 5 heteroatoms. The number of halogens is 2. The number of hydrogen-bond acceptors (Lipinski definition) is 2. The van der Waals surface area contributed by atoms with E-state index in [0.29, 0.717) is 16.9 Å². The van der Waals surface area contributed by atoms with Crippen LogP contribution in [-0.4, -0.2) is 10.2 Å². The highest BCUT2D eigenvalue weighted by Crippen LogP contribution is 2.31. The monoisotopic (exact) mass is 225 g/mol. The summed E-state index contributed by atoms with van der Waals surface area (Å²) in [6.07, 6.45) is 1.48. The second kappa shape index (κ2) is 3.55. The fourth-order valence-corrected chi connectivity index (χ4v) is 1.71. The third-order valence-electron chi connectivity index (χ3n) is 2.13. The average Bonchev–Trinajstić information content (AvgIpc) is 2.58. The molecule has 0 radical (unpaired) electrons. The molecule has 3 nitrogen and oxygen atoms in total. The summed E-state index contributed by atoms with van der Waals surface area (Å²) in [6.45, 7) is 1.84. The molecule has 0 saturated heterocycles. The van der Waals surface area contributed by atoms with Crippen LogP contribution in [0.15, 0.2) is 18.3 Å². The largest absolute Gasteiger partial charge is 0.384 e. The number of nitrogens with zero attached hydrogens (tertiary/aromatic N) is 1. The Morgan fingerprint density at radius 3 is 2.73 bits per heavy atom. The number of nitrogen functional groups attached to an aromatic ring is 1. The summed E-state index contributed by atoms with van der Waals surface area (Å²) in [5, 5.41) is 6.38. The number of nitrogens with one attached hydrogen (secondary N) is 1. The van der Waals surface area contributed by atoms with Crippen molar-refractivity contribution in [3.63, 3.8) is 0 Å². The smallest absolute Gasteiger partial charge is 0.149 e. The molecule has 0 aliphatic carbocycles. The number of aromatic amines is 1. The van der Waals surface area contributed by atoms with Gasteiger partial charge in [-0.05, 0) is 24.6 Å². The number of anilines is 1. The Hall–Kier alpha value is -1.55. The van der Waals surface area contributed by atoms with Gasteiger partial charge in [-0.15, -0.1) is 0 Å². The van der Waals surface area contributed by atoms with Gasteiger partial charge in [0.1, 0.15) is 11.6 Å². The van der Waals surface area contributed by atoms with Gasteiger partial charge in [-0.25, -0.2) is 4.39 Å². The molecule has 0 atom stereocenters. The summed E-state index contributed by atoms with van der Waals surface area (Å²) >= 11 is 5.74. The summed E-state index contributed by atoms with van der Waals surface area (Å²) in [5.74, 6) is -0.147. The second-order valence-corrected chi connectivity index (χ2v) is 3.71. The van der Waals surface area contributed by atoms with Crippen molar-refractivity contribution >= 4 is 17.4 Å². The molecule has 0 spiro atoms. The molecule has 0 aliphatic heterocycles. The van der Waals surface area contributed by atoms with Crippen LogP contribution in [0.5, 0.6) is 0 Å². The standard InChI is InChI=1S/C10H9ClFN3/c1-5-2-6(9(12)8(11)3-5)7-4-14-15-10(7)13/h2-4H,1H3,(H3,13,14,15). The van der Waals surface area contributed by atoms with Crippen LogP contribution in [0.2, 0.25) is 5.02 Å². The predicted octanol–water partition coefficient (Wildman–Crippen LogP) is 2.76. The van der Waals surface area contributed by atoms with Gasteiger partial charge in [0.25, 0.3) is 0 Å². The van der Waals surface area contributed by atoms with Crippen LogP contribution in [0.1, 0.15) is 5.56 Å². The number of aryl methyl sites for hydroxylation is 1. The van der Waals surface area contributed by atoms with Gasteiger partial charge >= 0.3 is 0 Å². The number of nitrogens with two attached hydrogens (primary N) is 1. The maximum absolute atomic E-state index is 13.7. The minimum atomic E-state index is -0.477. The van der Waals surface area contributed by atoms with E-state index in [9.17, 15) is 4.39 Å². The van der Waals surface area contributed by atoms with E-state index in [1.165, 1.54) is 6.20 Å². The van der Waals surface area contributed by atoms with E-state index in [1.54, 1.807) is 12.1 Å². The Morgan fingerprint density at radius 1 is 1.40 bits per heavy atom. The van der Waals surface area contributed by atoms with Crippen molar-refractivity contribution in [2.45, 2.75) is 6.92 Å². The Kier molecular flexibility index (Phi) is 2.36. The van der Waals surface area contributed by atoms with Crippen LogP contribution >= 0.6 is 11.6 Å². The summed E-state index contributed by atoms with van der Waals surface area (Å²) in [7, 11) is 0. The molecule has 0 bridgehead atoms. The molecule has 1 aromatic heterocycles. The lowest BCUT2D eigenvalue weighted by Crippen LogP contribution is -1.91. The Bertz CT molecular complexity index is 507. The zero-order valence-corrected chi connectivity index (χ0v) is 8.77. The average molecular weight is 226 g/mol. The molecular weight excluding hydrogens is 217 g/mol. The van der Waals surface area contributed by atoms with Gasteiger partial charge in [-0.3, -0.25) is 5.10 Å². The minimum absolute atomic E-state index is 0.0885. The van der Waals surface area contributed by atoms with Gasteiger partial charge < -0.3 is 5.73 Å². The number of hydrogen-bond donors (Lipinski definition) is 2. The molecule has 3 N–H and O–H groups in total. The van der Waals surface area contributed by atoms with Crippen LogP contribution in [-0.2, 0) is 0 Å². The van der Waals surface area contributed by atoms with E-state index >= 15 is 0 Å². The molecule has 0 fully saturated rings. The van der Waals surface area contributed by atoms with Gasteiger partial charge in [0.2, 0.25) is 0 Å². The lowest BCUT2D eigenvalue weighted by atomic mass is 10.1. The van der Waals surface area contributed by atoms with Crippen LogP contribution in [0.25, 0.3) is 11.1 Å². The SMILES string of the molecule is Cc1cc(Cl)c(F)c(-c2cn[nH]c2N)c1.